The molecular weight excluding hydrogens is 518 g/mol. The number of piperidine rings is 1. The van der Waals surface area contributed by atoms with Crippen molar-refractivity contribution in [2.75, 3.05) is 18.8 Å². The van der Waals surface area contributed by atoms with Crippen molar-refractivity contribution in [3.05, 3.63) is 66.4 Å². The molecule has 2 aromatic carbocycles. The minimum absolute atomic E-state index is 0.0820. The quantitative estimate of drug-likeness (QED) is 0.286. The number of rotatable bonds is 4. The van der Waals surface area contributed by atoms with E-state index in [1.54, 1.807) is 11.2 Å². The molecule has 0 saturated carbocycles. The average Bonchev–Trinajstić information content (AvgIpc) is 3.50. The predicted octanol–water partition coefficient (Wildman–Crippen LogP) is 6.10. The Balaban J connectivity index is 1.31. The fraction of sp³-hybridized carbons (Fsp3) is 0.355. The van der Waals surface area contributed by atoms with E-state index in [9.17, 15) is 4.79 Å². The second-order valence-corrected chi connectivity index (χ2v) is 11.7. The molecule has 0 aliphatic carbocycles. The molecule has 1 fully saturated rings. The van der Waals surface area contributed by atoms with Gasteiger partial charge >= 0.3 is 6.09 Å². The minimum atomic E-state index is -0.544. The van der Waals surface area contributed by atoms with Gasteiger partial charge in [-0.15, -0.1) is 0 Å². The number of anilines is 1. The van der Waals surface area contributed by atoms with Gasteiger partial charge in [0.1, 0.15) is 34.9 Å². The maximum Gasteiger partial charge on any atom is 0.410 e. The summed E-state index contributed by atoms with van der Waals surface area (Å²) >= 11 is 0. The number of imidazole rings is 1. The Labute approximate surface area is 238 Å². The van der Waals surface area contributed by atoms with E-state index in [2.05, 4.69) is 27.2 Å². The molecule has 1 aliphatic heterocycles. The van der Waals surface area contributed by atoms with Gasteiger partial charge in [-0.3, -0.25) is 0 Å². The summed E-state index contributed by atoms with van der Waals surface area (Å²) in [5.41, 5.74) is 11.5. The van der Waals surface area contributed by atoms with E-state index in [0.29, 0.717) is 18.9 Å². The Morgan fingerprint density at radius 1 is 1.10 bits per heavy atom. The molecule has 6 rings (SSSR count). The monoisotopic (exact) mass is 553 g/mol. The molecule has 3 aromatic heterocycles. The molecule has 0 spiro atoms. The van der Waals surface area contributed by atoms with Crippen molar-refractivity contribution in [2.24, 2.45) is 7.05 Å². The minimum Gasteiger partial charge on any atom is -0.457 e. The van der Waals surface area contributed by atoms with Gasteiger partial charge in [0.15, 0.2) is 0 Å². The van der Waals surface area contributed by atoms with Gasteiger partial charge < -0.3 is 29.2 Å². The molecule has 10 heteroatoms. The van der Waals surface area contributed by atoms with Crippen molar-refractivity contribution in [1.82, 2.24) is 29.0 Å². The molecule has 10 nitrogen and oxygen atoms in total. The second kappa shape index (κ2) is 10.1. The number of likely N-dealkylation sites (tertiary alicyclic amines) is 1. The lowest BCUT2D eigenvalue weighted by atomic mass is 9.91. The summed E-state index contributed by atoms with van der Waals surface area (Å²) in [6.45, 7) is 8.90. The van der Waals surface area contributed by atoms with E-state index < -0.39 is 5.60 Å². The highest BCUT2D eigenvalue weighted by Crippen LogP contribution is 2.37. The van der Waals surface area contributed by atoms with Crippen LogP contribution in [0.15, 0.2) is 55.2 Å². The third-order valence-electron chi connectivity index (χ3n) is 7.52. The lowest BCUT2D eigenvalue weighted by Gasteiger charge is -2.34. The van der Waals surface area contributed by atoms with E-state index >= 15 is 0 Å². The van der Waals surface area contributed by atoms with Gasteiger partial charge in [0.25, 0.3) is 0 Å². The van der Waals surface area contributed by atoms with Crippen LogP contribution in [-0.4, -0.2) is 53.8 Å². The predicted molar refractivity (Wildman–Crippen MR) is 159 cm³/mol. The fourth-order valence-corrected chi connectivity index (χ4v) is 5.55. The number of nitrogens with two attached hydrogens (primary N) is 1. The third kappa shape index (κ3) is 5.17. The van der Waals surface area contributed by atoms with Gasteiger partial charge in [-0.2, -0.15) is 0 Å². The van der Waals surface area contributed by atoms with Crippen molar-refractivity contribution < 1.29 is 14.3 Å². The topological polar surface area (TPSA) is 113 Å². The lowest BCUT2D eigenvalue weighted by Crippen LogP contribution is -2.42. The maximum atomic E-state index is 12.8. The average molecular weight is 554 g/mol. The highest BCUT2D eigenvalue weighted by atomic mass is 16.6. The molecule has 1 atom stereocenters. The van der Waals surface area contributed by atoms with Crippen molar-refractivity contribution in [3.8, 4) is 17.2 Å². The molecule has 0 bridgehead atoms. The van der Waals surface area contributed by atoms with Crippen molar-refractivity contribution in [2.45, 2.75) is 52.1 Å². The molecule has 1 aliphatic rings. The summed E-state index contributed by atoms with van der Waals surface area (Å²) in [6.07, 6.45) is 6.89. The van der Waals surface area contributed by atoms with Crippen LogP contribution in [0.3, 0.4) is 0 Å². The van der Waals surface area contributed by atoms with E-state index in [4.69, 9.17) is 15.2 Å². The van der Waals surface area contributed by atoms with Crippen LogP contribution in [0, 0.1) is 6.92 Å². The molecule has 212 valence electrons. The van der Waals surface area contributed by atoms with Gasteiger partial charge in [0.2, 0.25) is 0 Å². The van der Waals surface area contributed by atoms with Gasteiger partial charge in [0.05, 0.1) is 22.7 Å². The van der Waals surface area contributed by atoms with Gasteiger partial charge in [-0.1, -0.05) is 0 Å². The number of benzene rings is 2. The summed E-state index contributed by atoms with van der Waals surface area (Å²) in [6, 6.07) is 12.0. The summed E-state index contributed by atoms with van der Waals surface area (Å²) in [5, 5.41) is 0.824. The summed E-state index contributed by atoms with van der Waals surface area (Å²) in [7, 11) is 1.97. The van der Waals surface area contributed by atoms with E-state index in [1.165, 1.54) is 6.33 Å². The molecule has 1 saturated heterocycles. The first-order valence-electron chi connectivity index (χ1n) is 13.9. The SMILES string of the molecule is Cc1cc(-n2cc(C3CCCN(C(=O)OC(C)(C)C)C3)c3c(N)ncnc32)ccc1Oc1ccc2c(c1)ncn2C. The van der Waals surface area contributed by atoms with Gasteiger partial charge in [-0.05, 0) is 82.0 Å². The van der Waals surface area contributed by atoms with Crippen LogP contribution in [0.25, 0.3) is 27.8 Å². The fourth-order valence-electron chi connectivity index (χ4n) is 5.55. The van der Waals surface area contributed by atoms with Crippen LogP contribution < -0.4 is 10.5 Å². The standard InChI is InChI=1S/C31H35N7O3/c1-19-13-21(8-11-26(19)40-22-9-10-25-24(14-22)35-18-36(25)5)38-16-23(27-28(32)33-17-34-29(27)38)20-7-6-12-37(15-20)30(39)41-31(2,3)4/h8-11,13-14,16-18,20H,6-7,12,15H2,1-5H3,(H2,32,33,34). The third-order valence-corrected chi connectivity index (χ3v) is 7.52. The van der Waals surface area contributed by atoms with E-state index in [0.717, 1.165) is 63.2 Å². The largest absolute Gasteiger partial charge is 0.457 e. The maximum absolute atomic E-state index is 12.8. The first-order valence-corrected chi connectivity index (χ1v) is 13.9. The van der Waals surface area contributed by atoms with Crippen LogP contribution in [0.1, 0.15) is 50.7 Å². The second-order valence-electron chi connectivity index (χ2n) is 11.7. The molecule has 2 N–H and O–H groups in total. The van der Waals surface area contributed by atoms with Crippen LogP contribution >= 0.6 is 0 Å². The number of amides is 1. The van der Waals surface area contributed by atoms with E-state index in [1.807, 2.05) is 74.2 Å². The summed E-state index contributed by atoms with van der Waals surface area (Å²) in [5.74, 6) is 2.00. The first kappa shape index (κ1) is 26.6. The zero-order valence-corrected chi connectivity index (χ0v) is 24.1. The van der Waals surface area contributed by atoms with E-state index in [-0.39, 0.29) is 12.0 Å². The Bertz CT molecular complexity index is 1770. The lowest BCUT2D eigenvalue weighted by molar-refractivity contribution is 0.0198. The summed E-state index contributed by atoms with van der Waals surface area (Å²) in [4.78, 5) is 28.0. The van der Waals surface area contributed by atoms with Crippen LogP contribution in [0.5, 0.6) is 11.5 Å². The van der Waals surface area contributed by atoms with Crippen LogP contribution in [0.2, 0.25) is 0 Å². The number of fused-ring (bicyclic) bond motifs is 2. The molecule has 5 aromatic rings. The molecule has 41 heavy (non-hydrogen) atoms. The molecule has 1 amide bonds. The van der Waals surface area contributed by atoms with Crippen molar-refractivity contribution >= 4 is 34.0 Å². The van der Waals surface area contributed by atoms with Crippen molar-refractivity contribution in [3.63, 3.8) is 0 Å². The number of hydrogen-bond donors (Lipinski definition) is 1. The molecule has 1 unspecified atom stereocenters. The van der Waals surface area contributed by atoms with Gasteiger partial charge in [0, 0.05) is 44.0 Å². The highest BCUT2D eigenvalue weighted by Gasteiger charge is 2.31. The number of hydrogen-bond acceptors (Lipinski definition) is 7. The Morgan fingerprint density at radius 2 is 1.93 bits per heavy atom. The number of ether oxygens (including phenoxy) is 2. The van der Waals surface area contributed by atoms with Gasteiger partial charge in [-0.25, -0.2) is 19.7 Å². The number of aromatic nitrogens is 5. The summed E-state index contributed by atoms with van der Waals surface area (Å²) < 4.78 is 15.9. The number of carbonyl (C=O) groups excluding carboxylic acids is 1. The van der Waals surface area contributed by atoms with Crippen LogP contribution in [-0.2, 0) is 11.8 Å². The number of nitrogen functional groups attached to an aromatic ring is 1. The van der Waals surface area contributed by atoms with Crippen LogP contribution in [0.4, 0.5) is 10.6 Å². The Kier molecular flexibility index (Phi) is 6.56. The zero-order chi connectivity index (χ0) is 28.9. The zero-order valence-electron chi connectivity index (χ0n) is 24.1. The molecular formula is C31H35N7O3. The smallest absolute Gasteiger partial charge is 0.410 e. The number of carbonyl (C=O) groups is 1. The molecule has 4 heterocycles. The Hall–Kier alpha value is -4.60. The first-order chi connectivity index (χ1) is 19.6. The normalized spacial score (nSPS) is 15.9. The number of nitrogens with zero attached hydrogens (tertiary/aromatic N) is 6. The highest BCUT2D eigenvalue weighted by molar-refractivity contribution is 5.91. The number of aryl methyl sites for hydroxylation is 2. The molecule has 0 radical (unpaired) electrons. The Morgan fingerprint density at radius 3 is 2.71 bits per heavy atom. The van der Waals surface area contributed by atoms with Crippen molar-refractivity contribution in [1.29, 1.82) is 0 Å².